The molecule has 4 aromatic carbocycles. The SMILES string of the molecule is O=C1C(/C=C/C=C/C=C/CC2C(=O)c3cc4ccccc4cc3C2=O)=C(O)c2cc3ccccc3cc21. The second kappa shape index (κ2) is 8.99. The van der Waals surface area contributed by atoms with E-state index < -0.39 is 5.92 Å². The van der Waals surface area contributed by atoms with Gasteiger partial charge in [0.1, 0.15) is 5.76 Å². The first-order chi connectivity index (χ1) is 18.0. The summed E-state index contributed by atoms with van der Waals surface area (Å²) < 4.78 is 0. The molecule has 2 aliphatic carbocycles. The predicted molar refractivity (Wildman–Crippen MR) is 146 cm³/mol. The zero-order valence-corrected chi connectivity index (χ0v) is 19.8. The van der Waals surface area contributed by atoms with Gasteiger partial charge < -0.3 is 5.11 Å². The minimum absolute atomic E-state index is 0.0172. The number of hydrogen-bond donors (Lipinski definition) is 1. The van der Waals surface area contributed by atoms with Crippen molar-refractivity contribution >= 4 is 44.7 Å². The highest BCUT2D eigenvalue weighted by atomic mass is 16.3. The monoisotopic (exact) mass is 482 g/mol. The number of hydrogen-bond acceptors (Lipinski definition) is 4. The number of rotatable bonds is 5. The molecule has 0 fully saturated rings. The summed E-state index contributed by atoms with van der Waals surface area (Å²) in [6.45, 7) is 0. The van der Waals surface area contributed by atoms with Crippen molar-refractivity contribution in [1.82, 2.24) is 0 Å². The van der Waals surface area contributed by atoms with Gasteiger partial charge >= 0.3 is 0 Å². The summed E-state index contributed by atoms with van der Waals surface area (Å²) >= 11 is 0. The van der Waals surface area contributed by atoms with Gasteiger partial charge in [-0.15, -0.1) is 0 Å². The van der Waals surface area contributed by atoms with Crippen LogP contribution in [0.25, 0.3) is 27.3 Å². The highest BCUT2D eigenvalue weighted by molar-refractivity contribution is 6.28. The van der Waals surface area contributed by atoms with E-state index in [2.05, 4.69) is 0 Å². The third-order valence-electron chi connectivity index (χ3n) is 7.04. The Morgan fingerprint density at radius 2 is 1.11 bits per heavy atom. The maximum absolute atomic E-state index is 12.9. The Balaban J connectivity index is 1.12. The van der Waals surface area contributed by atoms with Crippen LogP contribution in [0, 0.1) is 5.92 Å². The highest BCUT2D eigenvalue weighted by Gasteiger charge is 2.37. The molecule has 0 spiro atoms. The van der Waals surface area contributed by atoms with Gasteiger partial charge in [0, 0.05) is 22.3 Å². The zero-order valence-electron chi connectivity index (χ0n) is 19.8. The zero-order chi connectivity index (χ0) is 25.5. The van der Waals surface area contributed by atoms with E-state index in [9.17, 15) is 19.5 Å². The number of fused-ring (bicyclic) bond motifs is 4. The Hall–Kier alpha value is -4.83. The van der Waals surface area contributed by atoms with Crippen LogP contribution in [0.5, 0.6) is 0 Å². The lowest BCUT2D eigenvalue weighted by atomic mass is 9.99. The Morgan fingerprint density at radius 3 is 1.68 bits per heavy atom. The number of aliphatic hydroxyl groups excluding tert-OH is 1. The van der Waals surface area contributed by atoms with E-state index in [-0.39, 0.29) is 28.7 Å². The molecule has 0 amide bonds. The molecule has 0 saturated heterocycles. The topological polar surface area (TPSA) is 71.4 Å². The first kappa shape index (κ1) is 22.6. The summed E-state index contributed by atoms with van der Waals surface area (Å²) in [6, 6.07) is 22.7. The average molecular weight is 483 g/mol. The van der Waals surface area contributed by atoms with Crippen molar-refractivity contribution in [3.63, 3.8) is 0 Å². The van der Waals surface area contributed by atoms with E-state index in [0.29, 0.717) is 28.7 Å². The van der Waals surface area contributed by atoms with Crippen LogP contribution < -0.4 is 0 Å². The van der Waals surface area contributed by atoms with Crippen LogP contribution in [0.15, 0.2) is 115 Å². The number of aliphatic hydroxyl groups is 1. The Kier molecular flexibility index (Phi) is 5.50. The highest BCUT2D eigenvalue weighted by Crippen LogP contribution is 2.35. The molecule has 37 heavy (non-hydrogen) atoms. The quantitative estimate of drug-likeness (QED) is 0.241. The summed E-state index contributed by atoms with van der Waals surface area (Å²) in [6.07, 6.45) is 10.7. The maximum atomic E-state index is 12.9. The third-order valence-corrected chi connectivity index (χ3v) is 7.04. The molecule has 0 unspecified atom stereocenters. The fraction of sp³-hybridized carbons (Fsp3) is 0.0606. The van der Waals surface area contributed by atoms with Gasteiger partial charge in [-0.1, -0.05) is 78.9 Å². The van der Waals surface area contributed by atoms with Crippen molar-refractivity contribution in [3.05, 3.63) is 137 Å². The lowest BCUT2D eigenvalue weighted by molar-refractivity contribution is 0.0840. The van der Waals surface area contributed by atoms with Crippen molar-refractivity contribution < 1.29 is 19.5 Å². The normalized spacial score (nSPS) is 15.9. The summed E-state index contributed by atoms with van der Waals surface area (Å²) in [5, 5.41) is 14.4. The molecular weight excluding hydrogens is 460 g/mol. The maximum Gasteiger partial charge on any atom is 0.197 e. The summed E-state index contributed by atoms with van der Waals surface area (Å²) in [4.78, 5) is 38.5. The van der Waals surface area contributed by atoms with Crippen molar-refractivity contribution in [2.45, 2.75) is 6.42 Å². The lowest BCUT2D eigenvalue weighted by Crippen LogP contribution is -2.13. The van der Waals surface area contributed by atoms with Crippen LogP contribution >= 0.6 is 0 Å². The summed E-state index contributed by atoms with van der Waals surface area (Å²) in [5.74, 6) is -1.18. The molecule has 178 valence electrons. The molecule has 6 rings (SSSR count). The van der Waals surface area contributed by atoms with Crippen molar-refractivity contribution in [2.75, 3.05) is 0 Å². The molecule has 4 nitrogen and oxygen atoms in total. The fourth-order valence-electron chi connectivity index (χ4n) is 5.11. The van der Waals surface area contributed by atoms with Gasteiger partial charge in [0.05, 0.1) is 11.5 Å². The van der Waals surface area contributed by atoms with Gasteiger partial charge in [-0.3, -0.25) is 14.4 Å². The standard InChI is InChI=1S/C33H22O4/c34-30-24(31(35)27-17-21-11-7-6-10-20(21)16-26(27)30)14-4-2-1-3-5-15-25-32(36)28-18-22-12-8-9-13-23(22)19-29(28)33(25)37/h1-14,16-19,25,34H,15H2/b2-1+,5-3+,14-4+. The van der Waals surface area contributed by atoms with Crippen molar-refractivity contribution in [1.29, 1.82) is 0 Å². The molecule has 0 bridgehead atoms. The van der Waals surface area contributed by atoms with Crippen LogP contribution in [-0.2, 0) is 0 Å². The van der Waals surface area contributed by atoms with E-state index in [1.807, 2.05) is 72.8 Å². The molecule has 4 aromatic rings. The molecule has 0 aliphatic heterocycles. The second-order valence-electron chi connectivity index (χ2n) is 9.27. The average Bonchev–Trinajstić information content (AvgIpc) is 3.29. The summed E-state index contributed by atoms with van der Waals surface area (Å²) in [5.41, 5.74) is 2.31. The van der Waals surface area contributed by atoms with Crippen LogP contribution in [0.2, 0.25) is 0 Å². The molecule has 0 atom stereocenters. The van der Waals surface area contributed by atoms with Gasteiger partial charge in [-0.25, -0.2) is 0 Å². The number of ketones is 3. The Labute approximate surface area is 213 Å². The number of carbonyl (C=O) groups is 3. The number of allylic oxidation sites excluding steroid dienone is 7. The molecule has 1 N–H and O–H groups in total. The first-order valence-corrected chi connectivity index (χ1v) is 12.1. The van der Waals surface area contributed by atoms with Gasteiger partial charge in [0.25, 0.3) is 0 Å². The minimum atomic E-state index is -0.695. The largest absolute Gasteiger partial charge is 0.507 e. The smallest absolute Gasteiger partial charge is 0.197 e. The predicted octanol–water partition coefficient (Wildman–Crippen LogP) is 7.21. The van der Waals surface area contributed by atoms with Crippen LogP contribution in [0.1, 0.15) is 43.1 Å². The van der Waals surface area contributed by atoms with E-state index in [1.54, 1.807) is 36.5 Å². The molecule has 0 saturated carbocycles. The number of Topliss-reactive ketones (excluding diaryl/α,β-unsaturated/α-hetero) is 3. The van der Waals surface area contributed by atoms with E-state index >= 15 is 0 Å². The number of benzene rings is 4. The molecular formula is C33H22O4. The van der Waals surface area contributed by atoms with Crippen LogP contribution in [-0.4, -0.2) is 22.5 Å². The molecule has 0 heterocycles. The molecule has 2 aliphatic rings. The molecule has 4 heteroatoms. The molecule has 0 aromatic heterocycles. The molecule has 0 radical (unpaired) electrons. The lowest BCUT2D eigenvalue weighted by Gasteiger charge is -2.02. The summed E-state index contributed by atoms with van der Waals surface area (Å²) in [7, 11) is 0. The van der Waals surface area contributed by atoms with Crippen molar-refractivity contribution in [2.24, 2.45) is 5.92 Å². The third kappa shape index (κ3) is 3.83. The van der Waals surface area contributed by atoms with Gasteiger partial charge in [0.2, 0.25) is 0 Å². The first-order valence-electron chi connectivity index (χ1n) is 12.1. The van der Waals surface area contributed by atoms with Crippen molar-refractivity contribution in [3.8, 4) is 0 Å². The van der Waals surface area contributed by atoms with Gasteiger partial charge in [0.15, 0.2) is 17.3 Å². The van der Waals surface area contributed by atoms with Gasteiger partial charge in [-0.05, 0) is 58.3 Å². The van der Waals surface area contributed by atoms with Crippen LogP contribution in [0.4, 0.5) is 0 Å². The van der Waals surface area contributed by atoms with E-state index in [1.165, 1.54) is 0 Å². The minimum Gasteiger partial charge on any atom is -0.507 e. The fourth-order valence-corrected chi connectivity index (χ4v) is 5.11. The second-order valence-corrected chi connectivity index (χ2v) is 9.27. The van der Waals surface area contributed by atoms with Gasteiger partial charge in [-0.2, -0.15) is 0 Å². The van der Waals surface area contributed by atoms with E-state index in [0.717, 1.165) is 21.5 Å². The number of carbonyl (C=O) groups excluding carboxylic acids is 3. The Morgan fingerprint density at radius 1 is 0.622 bits per heavy atom. The van der Waals surface area contributed by atoms with Crippen LogP contribution in [0.3, 0.4) is 0 Å². The Bertz CT molecular complexity index is 1710. The van der Waals surface area contributed by atoms with E-state index in [4.69, 9.17) is 0 Å².